The fourth-order valence-corrected chi connectivity index (χ4v) is 4.82. The van der Waals surface area contributed by atoms with Gasteiger partial charge in [0.05, 0.1) is 17.2 Å². The van der Waals surface area contributed by atoms with Crippen molar-refractivity contribution in [3.05, 3.63) is 54.1 Å². The molecule has 2 amide bonds. The molecule has 1 aliphatic heterocycles. The molecule has 2 unspecified atom stereocenters. The molecular formula is C23H22F3N3O4S2. The minimum Gasteiger partial charge on any atom is -0.368 e. The van der Waals surface area contributed by atoms with E-state index in [1.165, 1.54) is 36.4 Å². The van der Waals surface area contributed by atoms with Crippen LogP contribution in [-0.2, 0) is 25.0 Å². The number of hydrogen-bond acceptors (Lipinski definition) is 6. The van der Waals surface area contributed by atoms with Gasteiger partial charge in [-0.2, -0.15) is 13.2 Å². The van der Waals surface area contributed by atoms with E-state index in [-0.39, 0.29) is 22.0 Å². The van der Waals surface area contributed by atoms with Gasteiger partial charge in [-0.3, -0.25) is 14.9 Å². The third-order valence-corrected chi connectivity index (χ3v) is 7.33. The summed E-state index contributed by atoms with van der Waals surface area (Å²) in [5.41, 5.74) is 3.36. The van der Waals surface area contributed by atoms with Crippen molar-refractivity contribution in [3.63, 3.8) is 0 Å². The van der Waals surface area contributed by atoms with Crippen molar-refractivity contribution in [1.82, 2.24) is 10.6 Å². The van der Waals surface area contributed by atoms with Gasteiger partial charge in [0.15, 0.2) is 9.84 Å². The summed E-state index contributed by atoms with van der Waals surface area (Å²) in [5, 5.41) is 4.58. The fraction of sp³-hybridized carbons (Fsp3) is 0.304. The van der Waals surface area contributed by atoms with Crippen molar-refractivity contribution in [3.8, 4) is 23.0 Å². The number of nitrogens with one attached hydrogen (secondary N) is 2. The highest BCUT2D eigenvalue weighted by Gasteiger charge is 2.55. The molecule has 12 heteroatoms. The number of halogens is 3. The number of carbonyl (C=O) groups is 2. The van der Waals surface area contributed by atoms with E-state index in [1.807, 2.05) is 0 Å². The van der Waals surface area contributed by atoms with E-state index >= 15 is 0 Å². The molecule has 1 heterocycles. The second kappa shape index (κ2) is 10.3. The van der Waals surface area contributed by atoms with Crippen LogP contribution in [0.3, 0.4) is 0 Å². The van der Waals surface area contributed by atoms with Crippen molar-refractivity contribution < 1.29 is 31.2 Å². The lowest BCUT2D eigenvalue weighted by molar-refractivity contribution is -0.182. The van der Waals surface area contributed by atoms with Crippen LogP contribution in [-0.4, -0.2) is 56.8 Å². The number of benzene rings is 2. The third-order valence-electron chi connectivity index (χ3n) is 5.29. The number of thioether (sulfide) groups is 1. The van der Waals surface area contributed by atoms with Gasteiger partial charge in [0.2, 0.25) is 17.4 Å². The normalized spacial score (nSPS) is 21.7. The highest BCUT2D eigenvalue weighted by atomic mass is 32.2. The van der Waals surface area contributed by atoms with E-state index in [0.717, 1.165) is 18.0 Å². The average molecular weight is 526 g/mol. The Kier molecular flexibility index (Phi) is 7.83. The quantitative estimate of drug-likeness (QED) is 0.525. The van der Waals surface area contributed by atoms with Gasteiger partial charge >= 0.3 is 6.18 Å². The standard InChI is InChI=1S/C23H22F3N3O4S2/c1-35(32,33)18-9-5-16(6-10-18)15-3-7-17(8-4-15)22(23(24,25)26)11-2-12-34-14-19(21(27)31)29-20(30)13-28-22/h3-10,19,28H,12-14H2,1H3,(H2,27,31)(H,29,30). The summed E-state index contributed by atoms with van der Waals surface area (Å²) in [6.45, 7) is -0.753. The first kappa shape index (κ1) is 26.6. The Hall–Kier alpha value is -3.01. The first-order valence-corrected chi connectivity index (χ1v) is 13.3. The van der Waals surface area contributed by atoms with Crippen LogP contribution in [0.4, 0.5) is 13.2 Å². The zero-order valence-electron chi connectivity index (χ0n) is 18.5. The molecule has 4 N–H and O–H groups in total. The molecule has 3 rings (SSSR count). The monoisotopic (exact) mass is 525 g/mol. The van der Waals surface area contributed by atoms with Crippen molar-refractivity contribution in [2.75, 3.05) is 24.3 Å². The largest absolute Gasteiger partial charge is 0.422 e. The molecule has 0 saturated heterocycles. The second-order valence-electron chi connectivity index (χ2n) is 7.81. The van der Waals surface area contributed by atoms with Crippen molar-refractivity contribution in [1.29, 1.82) is 0 Å². The molecule has 7 nitrogen and oxygen atoms in total. The molecule has 0 aliphatic carbocycles. The number of alkyl halides is 3. The number of primary amides is 1. The van der Waals surface area contributed by atoms with E-state index in [9.17, 15) is 31.2 Å². The molecule has 0 bridgehead atoms. The smallest absolute Gasteiger partial charge is 0.368 e. The summed E-state index contributed by atoms with van der Waals surface area (Å²) in [4.78, 5) is 23.9. The van der Waals surface area contributed by atoms with Crippen LogP contribution in [0, 0.1) is 11.8 Å². The first-order chi connectivity index (χ1) is 16.3. The SMILES string of the molecule is CS(=O)(=O)c1ccc(-c2ccc(C3(C(F)(F)F)C#CCSCC(C(N)=O)NC(=O)CN3)cc2)cc1. The Morgan fingerprint density at radius 1 is 1.11 bits per heavy atom. The van der Waals surface area contributed by atoms with Crippen LogP contribution < -0.4 is 16.4 Å². The molecule has 0 saturated carbocycles. The van der Waals surface area contributed by atoms with Crippen LogP contribution >= 0.6 is 11.8 Å². The predicted octanol–water partition coefficient (Wildman–Crippen LogP) is 1.82. The lowest BCUT2D eigenvalue weighted by Crippen LogP contribution is -2.57. The highest BCUT2D eigenvalue weighted by Crippen LogP contribution is 2.39. The van der Waals surface area contributed by atoms with Gasteiger partial charge < -0.3 is 11.1 Å². The summed E-state index contributed by atoms with van der Waals surface area (Å²) in [5.74, 6) is 3.23. The Morgan fingerprint density at radius 3 is 2.20 bits per heavy atom. The molecule has 0 aromatic heterocycles. The van der Waals surface area contributed by atoms with E-state index in [0.29, 0.717) is 11.1 Å². The van der Waals surface area contributed by atoms with Gasteiger partial charge in [0, 0.05) is 12.0 Å². The molecule has 186 valence electrons. The van der Waals surface area contributed by atoms with Crippen LogP contribution in [0.25, 0.3) is 11.1 Å². The van der Waals surface area contributed by atoms with Gasteiger partial charge in [-0.1, -0.05) is 48.2 Å². The maximum absolute atomic E-state index is 14.4. The van der Waals surface area contributed by atoms with Crippen LogP contribution in [0.15, 0.2) is 53.4 Å². The zero-order valence-corrected chi connectivity index (χ0v) is 20.1. The van der Waals surface area contributed by atoms with Crippen molar-refractivity contribution >= 4 is 33.4 Å². The Labute approximate surface area is 205 Å². The molecule has 0 spiro atoms. The third kappa shape index (κ3) is 6.17. The zero-order chi connectivity index (χ0) is 25.9. The topological polar surface area (TPSA) is 118 Å². The molecular weight excluding hydrogens is 503 g/mol. The number of hydrogen-bond donors (Lipinski definition) is 3. The number of nitrogens with two attached hydrogens (primary N) is 1. The van der Waals surface area contributed by atoms with Gasteiger partial charge in [0.25, 0.3) is 0 Å². The number of amides is 2. The summed E-state index contributed by atoms with van der Waals surface area (Å²) in [6, 6.07) is 10.4. The van der Waals surface area contributed by atoms with Crippen molar-refractivity contribution in [2.45, 2.75) is 22.7 Å². The molecule has 2 aromatic carbocycles. The van der Waals surface area contributed by atoms with E-state index < -0.39 is 46.0 Å². The van der Waals surface area contributed by atoms with E-state index in [4.69, 9.17) is 5.73 Å². The molecule has 0 fully saturated rings. The van der Waals surface area contributed by atoms with Crippen LogP contribution in [0.2, 0.25) is 0 Å². The number of carbonyl (C=O) groups excluding carboxylic acids is 2. The summed E-state index contributed by atoms with van der Waals surface area (Å²) in [6.07, 6.45) is -3.81. The molecule has 2 atom stereocenters. The van der Waals surface area contributed by atoms with Gasteiger partial charge in [0.1, 0.15) is 6.04 Å². The number of rotatable bonds is 4. The summed E-state index contributed by atoms with van der Waals surface area (Å²) in [7, 11) is -3.38. The van der Waals surface area contributed by atoms with Gasteiger partial charge in [-0.25, -0.2) is 8.42 Å². The first-order valence-electron chi connectivity index (χ1n) is 10.2. The molecule has 35 heavy (non-hydrogen) atoms. The van der Waals surface area contributed by atoms with E-state index in [1.54, 1.807) is 12.1 Å². The van der Waals surface area contributed by atoms with Gasteiger partial charge in [-0.05, 0) is 28.8 Å². The predicted molar refractivity (Wildman–Crippen MR) is 127 cm³/mol. The fourth-order valence-electron chi connectivity index (χ4n) is 3.41. The lowest BCUT2D eigenvalue weighted by Gasteiger charge is -2.32. The maximum Gasteiger partial charge on any atom is 0.422 e. The Balaban J connectivity index is 1.97. The summed E-state index contributed by atoms with van der Waals surface area (Å²) < 4.78 is 66.5. The van der Waals surface area contributed by atoms with Crippen LogP contribution in [0.1, 0.15) is 5.56 Å². The number of sulfone groups is 1. The molecule has 1 aliphatic rings. The molecule has 2 aromatic rings. The Bertz CT molecular complexity index is 1270. The second-order valence-corrected chi connectivity index (χ2v) is 10.9. The highest BCUT2D eigenvalue weighted by molar-refractivity contribution is 7.99. The average Bonchev–Trinajstić information content (AvgIpc) is 2.82. The Morgan fingerprint density at radius 2 is 1.69 bits per heavy atom. The van der Waals surface area contributed by atoms with E-state index in [2.05, 4.69) is 22.5 Å². The lowest BCUT2D eigenvalue weighted by atomic mass is 9.88. The minimum absolute atomic E-state index is 0.00999. The minimum atomic E-state index is -4.89. The van der Waals surface area contributed by atoms with Crippen LogP contribution in [0.5, 0.6) is 0 Å². The maximum atomic E-state index is 14.4. The molecule has 0 radical (unpaired) electrons. The van der Waals surface area contributed by atoms with Crippen molar-refractivity contribution in [2.24, 2.45) is 5.73 Å². The summed E-state index contributed by atoms with van der Waals surface area (Å²) >= 11 is 1.08. The van der Waals surface area contributed by atoms with Gasteiger partial charge in [-0.15, -0.1) is 11.8 Å².